The maximum atomic E-state index is 12.3. The van der Waals surface area contributed by atoms with Crippen molar-refractivity contribution < 1.29 is 24.2 Å². The maximum absolute atomic E-state index is 12.3. The first kappa shape index (κ1) is 25.5. The van der Waals surface area contributed by atoms with E-state index in [1.165, 1.54) is 12.7 Å². The molecule has 3 N–H and O–H groups in total. The number of methoxy groups -OCH3 is 1. The van der Waals surface area contributed by atoms with Gasteiger partial charge >= 0.3 is 11.7 Å². The second-order valence-electron chi connectivity index (χ2n) is 9.24. The molecule has 0 saturated heterocycles. The van der Waals surface area contributed by atoms with Crippen LogP contribution in [0.4, 0.5) is 5.69 Å². The van der Waals surface area contributed by atoms with Crippen LogP contribution in [0.1, 0.15) is 55.6 Å². The molecule has 0 radical (unpaired) electrons. The number of nitrogens with zero attached hydrogens (tertiary/aromatic N) is 2. The minimum Gasteiger partial charge on any atom is -0.740 e. The molecule has 1 aliphatic heterocycles. The van der Waals surface area contributed by atoms with E-state index in [-0.39, 0.29) is 30.5 Å². The summed E-state index contributed by atoms with van der Waals surface area (Å²) in [4.78, 5) is 28.5. The molecule has 190 valence electrons. The number of hydrogen-bond donors (Lipinski definition) is 3. The van der Waals surface area contributed by atoms with Crippen molar-refractivity contribution in [2.45, 2.75) is 50.7 Å². The van der Waals surface area contributed by atoms with E-state index in [4.69, 9.17) is 4.74 Å². The Morgan fingerprint density at radius 2 is 1.81 bits per heavy atom. The second-order valence-corrected chi connectivity index (χ2v) is 9.24. The van der Waals surface area contributed by atoms with E-state index in [1.807, 2.05) is 30.3 Å². The van der Waals surface area contributed by atoms with Crippen LogP contribution < -0.4 is 10.6 Å². The van der Waals surface area contributed by atoms with Crippen LogP contribution in [0.15, 0.2) is 59.6 Å². The monoisotopic (exact) mass is 492 g/mol. The van der Waals surface area contributed by atoms with Gasteiger partial charge in [0.15, 0.2) is 6.29 Å². The third kappa shape index (κ3) is 6.35. The molecule has 2 aromatic carbocycles. The molecule has 0 spiro atoms. The number of aliphatic imine (C=N–C) groups is 1. The summed E-state index contributed by atoms with van der Waals surface area (Å²) in [5, 5.41) is 27.2. The first-order valence-electron chi connectivity index (χ1n) is 12.3. The van der Waals surface area contributed by atoms with E-state index >= 15 is 0 Å². The summed E-state index contributed by atoms with van der Waals surface area (Å²) in [7, 11) is 1.53. The van der Waals surface area contributed by atoms with Crippen molar-refractivity contribution in [1.29, 1.82) is 0 Å². The molecule has 1 atom stereocenters. The lowest BCUT2D eigenvalue weighted by Gasteiger charge is -2.29. The number of aliphatic hydroxyl groups excluding tert-OH is 1. The molecule has 0 aromatic heterocycles. The third-order valence-corrected chi connectivity index (χ3v) is 6.79. The molecule has 0 bridgehead atoms. The Hall–Kier alpha value is -3.56. The topological polar surface area (TPSA) is 126 Å². The zero-order chi connectivity index (χ0) is 25.5. The molecular weight excluding hydrogens is 460 g/mol. The highest BCUT2D eigenvalue weighted by atomic mass is 16.6. The van der Waals surface area contributed by atoms with Gasteiger partial charge in [0.1, 0.15) is 0 Å². The number of ether oxygens (including phenoxy) is 1. The van der Waals surface area contributed by atoms with Crippen molar-refractivity contribution in [3.8, 4) is 0 Å². The lowest BCUT2D eigenvalue weighted by Crippen LogP contribution is -2.45. The van der Waals surface area contributed by atoms with Gasteiger partial charge in [0.2, 0.25) is 5.91 Å². The molecule has 1 unspecified atom stereocenters. The summed E-state index contributed by atoms with van der Waals surface area (Å²) in [6.07, 6.45) is 4.36. The molecule has 1 fully saturated rings. The normalized spacial score (nSPS) is 20.2. The predicted molar refractivity (Wildman–Crippen MR) is 137 cm³/mol. The zero-order valence-corrected chi connectivity index (χ0v) is 20.4. The van der Waals surface area contributed by atoms with Crippen LogP contribution in [0.3, 0.4) is 0 Å². The lowest BCUT2D eigenvalue weighted by molar-refractivity contribution is -0.338. The average Bonchev–Trinajstić information content (AvgIpc) is 2.89. The average molecular weight is 493 g/mol. The van der Waals surface area contributed by atoms with Crippen LogP contribution in [0.5, 0.6) is 0 Å². The SMILES string of the molecule is COC(O)CC1CCC(c2ccc(NC(=O)CCNC(=O)C3=NC(c4ccccc4)=[N+]3[O-])cc2)CC1. The Bertz CT molecular complexity index is 1120. The first-order valence-corrected chi connectivity index (χ1v) is 12.3. The Labute approximate surface area is 210 Å². The highest BCUT2D eigenvalue weighted by Gasteiger charge is 2.31. The van der Waals surface area contributed by atoms with Gasteiger partial charge in [0, 0.05) is 32.2 Å². The Kier molecular flexibility index (Phi) is 8.45. The molecule has 9 heteroatoms. The van der Waals surface area contributed by atoms with Gasteiger partial charge in [-0.3, -0.25) is 9.59 Å². The van der Waals surface area contributed by atoms with Crippen molar-refractivity contribution in [3.05, 3.63) is 70.9 Å². The molecule has 4 rings (SSSR count). The van der Waals surface area contributed by atoms with E-state index in [0.29, 0.717) is 34.2 Å². The van der Waals surface area contributed by atoms with Gasteiger partial charge in [-0.25, -0.2) is 4.74 Å². The van der Waals surface area contributed by atoms with Crippen molar-refractivity contribution in [3.63, 3.8) is 0 Å². The molecule has 2 aromatic rings. The van der Waals surface area contributed by atoms with Crippen LogP contribution in [0.2, 0.25) is 0 Å². The summed E-state index contributed by atoms with van der Waals surface area (Å²) >= 11 is 0. The number of nitrogens with one attached hydrogen (secondary N) is 2. The van der Waals surface area contributed by atoms with Crippen molar-refractivity contribution >= 4 is 29.2 Å². The lowest BCUT2D eigenvalue weighted by atomic mass is 9.77. The maximum Gasteiger partial charge on any atom is 0.332 e. The van der Waals surface area contributed by atoms with Crippen LogP contribution in [-0.4, -0.2) is 53.3 Å². The molecule has 9 nitrogen and oxygen atoms in total. The van der Waals surface area contributed by atoms with E-state index in [2.05, 4.69) is 15.6 Å². The fourth-order valence-electron chi connectivity index (χ4n) is 4.70. The fraction of sp³-hybridized carbons (Fsp3) is 0.407. The van der Waals surface area contributed by atoms with Crippen molar-refractivity contribution in [2.75, 3.05) is 19.0 Å². The highest BCUT2D eigenvalue weighted by Crippen LogP contribution is 2.37. The smallest absolute Gasteiger partial charge is 0.332 e. The molecule has 2 aliphatic rings. The van der Waals surface area contributed by atoms with Gasteiger partial charge in [-0.2, -0.15) is 0 Å². The van der Waals surface area contributed by atoms with E-state index in [9.17, 15) is 19.9 Å². The van der Waals surface area contributed by atoms with E-state index in [1.54, 1.807) is 24.3 Å². The van der Waals surface area contributed by atoms with E-state index < -0.39 is 12.2 Å². The number of rotatable bonds is 10. The molecule has 1 aliphatic carbocycles. The standard InChI is InChI=1S/C27H32N4O5/c1-36-24(33)17-18-7-9-19(10-8-18)20-11-13-22(14-12-20)29-23(32)15-16-28-27(34)26-30-25(31(26)35)21-5-3-2-4-6-21/h2-6,11-14,18-19,24,33H,7-10,15-17H2,1H3,(H,28,34)(H,29,32). The number of anilines is 1. The van der Waals surface area contributed by atoms with Gasteiger partial charge in [-0.05, 0) is 67.3 Å². The zero-order valence-electron chi connectivity index (χ0n) is 20.4. The molecule has 36 heavy (non-hydrogen) atoms. The summed E-state index contributed by atoms with van der Waals surface area (Å²) in [6, 6.07) is 16.8. The molecule has 1 saturated carbocycles. The van der Waals surface area contributed by atoms with Crippen LogP contribution in [0, 0.1) is 11.1 Å². The Morgan fingerprint density at radius 1 is 1.11 bits per heavy atom. The predicted octanol–water partition coefficient (Wildman–Crippen LogP) is 3.13. The number of hydrogen-bond acceptors (Lipinski definition) is 6. The number of amidine groups is 2. The number of carbonyl (C=O) groups is 2. The van der Waals surface area contributed by atoms with E-state index in [0.717, 1.165) is 25.7 Å². The Morgan fingerprint density at radius 3 is 2.44 bits per heavy atom. The highest BCUT2D eigenvalue weighted by molar-refractivity contribution is 6.40. The van der Waals surface area contributed by atoms with Crippen LogP contribution >= 0.6 is 0 Å². The minimum absolute atomic E-state index is 0.0756. The van der Waals surface area contributed by atoms with Crippen LogP contribution in [0.25, 0.3) is 0 Å². The minimum atomic E-state index is -0.679. The number of amides is 2. The summed E-state index contributed by atoms with van der Waals surface area (Å²) in [5.41, 5.74) is 2.59. The number of hydroxylamine groups is 1. The fourth-order valence-corrected chi connectivity index (χ4v) is 4.70. The third-order valence-electron chi connectivity index (χ3n) is 6.79. The number of carbonyl (C=O) groups excluding carboxylic acids is 2. The van der Waals surface area contributed by atoms with Gasteiger partial charge in [-0.15, -0.1) is 0 Å². The molecule has 2 amide bonds. The largest absolute Gasteiger partial charge is 0.740 e. The number of aliphatic hydroxyl groups is 1. The summed E-state index contributed by atoms with van der Waals surface area (Å²) < 4.78 is 5.47. The van der Waals surface area contributed by atoms with Crippen LogP contribution in [-0.2, 0) is 14.3 Å². The molecule has 1 heterocycles. The second kappa shape index (κ2) is 11.9. The number of benzene rings is 2. The van der Waals surface area contributed by atoms with Gasteiger partial charge < -0.3 is 25.7 Å². The van der Waals surface area contributed by atoms with Crippen molar-refractivity contribution in [2.24, 2.45) is 10.9 Å². The van der Waals surface area contributed by atoms with Gasteiger partial charge in [0.25, 0.3) is 5.84 Å². The summed E-state index contributed by atoms with van der Waals surface area (Å²) in [5.74, 6) is 0.121. The quantitative estimate of drug-likeness (QED) is 0.267. The first-order chi connectivity index (χ1) is 17.4. The summed E-state index contributed by atoms with van der Waals surface area (Å²) in [6.45, 7) is 0.0945. The van der Waals surface area contributed by atoms with Gasteiger partial charge in [0.05, 0.1) is 5.56 Å². The van der Waals surface area contributed by atoms with Gasteiger partial charge in [-0.1, -0.05) is 35.3 Å². The van der Waals surface area contributed by atoms with Crippen molar-refractivity contribution in [1.82, 2.24) is 5.32 Å². The Balaban J connectivity index is 1.17. The molecular formula is C27H32N4O5.